The molecule has 1 saturated carbocycles. The normalized spacial score (nSPS) is 22.1. The fourth-order valence-corrected chi connectivity index (χ4v) is 3.51. The number of hydrogen-bond donors (Lipinski definition) is 1. The summed E-state index contributed by atoms with van der Waals surface area (Å²) in [5.74, 6) is -2.19. The molecule has 0 heterocycles. The van der Waals surface area contributed by atoms with E-state index in [1.807, 2.05) is 26.1 Å². The zero-order valence-corrected chi connectivity index (χ0v) is 14.2. The summed E-state index contributed by atoms with van der Waals surface area (Å²) in [5, 5.41) is 2.00. The molecule has 0 aromatic rings. The lowest BCUT2D eigenvalue weighted by Crippen LogP contribution is -2.44. The Morgan fingerprint density at radius 1 is 1.32 bits per heavy atom. The van der Waals surface area contributed by atoms with E-state index in [9.17, 15) is 19.2 Å². The van der Waals surface area contributed by atoms with Crippen molar-refractivity contribution in [2.24, 2.45) is 11.8 Å². The molecule has 1 aliphatic carbocycles. The standard InChI is InChI=1S/C15H23NO5S/c1-15(2,3)22-11(18)8-9-6-5-7-10(17)12(9)13(19)16-14(20)21-4/h9,12H,5-8H2,1-4H3,(H,16,19,20)/t9-,12+/m1/s1. The quantitative estimate of drug-likeness (QED) is 0.799. The van der Waals surface area contributed by atoms with Crippen LogP contribution in [0.2, 0.25) is 0 Å². The molecule has 2 amide bonds. The molecule has 1 N–H and O–H groups in total. The third-order valence-corrected chi connectivity index (χ3v) is 4.37. The second kappa shape index (κ2) is 7.76. The van der Waals surface area contributed by atoms with Crippen molar-refractivity contribution in [3.8, 4) is 0 Å². The second-order valence-corrected chi connectivity index (χ2v) is 8.25. The molecule has 22 heavy (non-hydrogen) atoms. The van der Waals surface area contributed by atoms with Gasteiger partial charge in [0.05, 0.1) is 7.11 Å². The first kappa shape index (κ1) is 18.7. The molecule has 1 rings (SSSR count). The maximum Gasteiger partial charge on any atom is 0.413 e. The average Bonchev–Trinajstić information content (AvgIpc) is 2.35. The third kappa shape index (κ3) is 5.79. The van der Waals surface area contributed by atoms with Gasteiger partial charge in [-0.3, -0.25) is 19.7 Å². The van der Waals surface area contributed by atoms with Crippen LogP contribution in [0, 0.1) is 11.8 Å². The summed E-state index contributed by atoms with van der Waals surface area (Å²) in [5.41, 5.74) is 0. The van der Waals surface area contributed by atoms with Crippen LogP contribution in [0.25, 0.3) is 0 Å². The monoisotopic (exact) mass is 329 g/mol. The number of imide groups is 1. The first-order valence-electron chi connectivity index (χ1n) is 7.27. The summed E-state index contributed by atoms with van der Waals surface area (Å²) in [6.07, 6.45) is 0.862. The number of Topliss-reactive ketones (excluding diaryl/α,β-unsaturated/α-hetero) is 1. The number of methoxy groups -OCH3 is 1. The van der Waals surface area contributed by atoms with Gasteiger partial charge in [0.2, 0.25) is 5.91 Å². The Balaban J connectivity index is 2.77. The highest BCUT2D eigenvalue weighted by atomic mass is 32.2. The molecule has 2 atom stereocenters. The number of carbonyl (C=O) groups excluding carboxylic acids is 4. The highest BCUT2D eigenvalue weighted by molar-refractivity contribution is 8.14. The number of amides is 2. The zero-order chi connectivity index (χ0) is 16.9. The molecule has 1 fully saturated rings. The molecule has 0 saturated heterocycles. The van der Waals surface area contributed by atoms with Gasteiger partial charge in [-0.2, -0.15) is 0 Å². The predicted octanol–water partition coefficient (Wildman–Crippen LogP) is 2.30. The molecule has 124 valence electrons. The molecule has 0 bridgehead atoms. The summed E-state index contributed by atoms with van der Waals surface area (Å²) >= 11 is 1.21. The van der Waals surface area contributed by atoms with E-state index in [4.69, 9.17) is 0 Å². The van der Waals surface area contributed by atoms with Crippen LogP contribution in [0.5, 0.6) is 0 Å². The first-order chi connectivity index (χ1) is 10.1. The summed E-state index contributed by atoms with van der Waals surface area (Å²) in [6.45, 7) is 5.80. The summed E-state index contributed by atoms with van der Waals surface area (Å²) in [6, 6.07) is 0. The van der Waals surface area contributed by atoms with Crippen LogP contribution in [0.1, 0.15) is 46.5 Å². The molecule has 0 unspecified atom stereocenters. The molecule has 1 aliphatic rings. The van der Waals surface area contributed by atoms with Crippen molar-refractivity contribution in [1.29, 1.82) is 0 Å². The van der Waals surface area contributed by atoms with Gasteiger partial charge in [-0.1, -0.05) is 32.5 Å². The number of rotatable bonds is 3. The highest BCUT2D eigenvalue weighted by Crippen LogP contribution is 2.34. The Morgan fingerprint density at radius 2 is 1.95 bits per heavy atom. The SMILES string of the molecule is COC(=O)NC(=O)[C@@H]1C(=O)CCC[C@@H]1CC(=O)SC(C)(C)C. The maximum absolute atomic E-state index is 12.1. The van der Waals surface area contributed by atoms with Crippen molar-refractivity contribution in [3.05, 3.63) is 0 Å². The number of carbonyl (C=O) groups is 4. The lowest BCUT2D eigenvalue weighted by Gasteiger charge is -2.29. The summed E-state index contributed by atoms with van der Waals surface area (Å²) < 4.78 is 4.17. The Morgan fingerprint density at radius 3 is 2.50 bits per heavy atom. The van der Waals surface area contributed by atoms with Gasteiger partial charge in [0, 0.05) is 17.6 Å². The van der Waals surface area contributed by atoms with Gasteiger partial charge in [0.25, 0.3) is 0 Å². The van der Waals surface area contributed by atoms with Gasteiger partial charge >= 0.3 is 6.09 Å². The molecule has 0 spiro atoms. The van der Waals surface area contributed by atoms with Crippen LogP contribution >= 0.6 is 11.8 Å². The lowest BCUT2D eigenvalue weighted by atomic mass is 9.76. The van der Waals surface area contributed by atoms with E-state index >= 15 is 0 Å². The Hall–Kier alpha value is -1.37. The molecule has 7 heteroatoms. The van der Waals surface area contributed by atoms with Crippen LogP contribution in [0.15, 0.2) is 0 Å². The fraction of sp³-hybridized carbons (Fsp3) is 0.733. The second-order valence-electron chi connectivity index (χ2n) is 6.37. The van der Waals surface area contributed by atoms with Crippen molar-refractivity contribution in [2.45, 2.75) is 51.2 Å². The molecule has 0 aliphatic heterocycles. The van der Waals surface area contributed by atoms with E-state index in [1.54, 1.807) is 0 Å². The minimum atomic E-state index is -0.947. The number of thioether (sulfide) groups is 1. The number of nitrogens with one attached hydrogen (secondary N) is 1. The van der Waals surface area contributed by atoms with Crippen molar-refractivity contribution < 1.29 is 23.9 Å². The number of ketones is 1. The summed E-state index contributed by atoms with van der Waals surface area (Å²) in [7, 11) is 1.15. The Bertz CT molecular complexity index is 469. The van der Waals surface area contributed by atoms with Crippen LogP contribution in [0.4, 0.5) is 4.79 Å². The van der Waals surface area contributed by atoms with Gasteiger partial charge in [-0.15, -0.1) is 0 Å². The largest absolute Gasteiger partial charge is 0.453 e. The number of alkyl carbamates (subject to hydrolysis) is 1. The highest BCUT2D eigenvalue weighted by Gasteiger charge is 2.39. The fourth-order valence-electron chi connectivity index (χ4n) is 2.53. The van der Waals surface area contributed by atoms with E-state index < -0.39 is 17.9 Å². The van der Waals surface area contributed by atoms with Gasteiger partial charge in [0.15, 0.2) is 5.12 Å². The lowest BCUT2D eigenvalue weighted by molar-refractivity contribution is -0.138. The predicted molar refractivity (Wildman–Crippen MR) is 83.4 cm³/mol. The molecule has 0 radical (unpaired) electrons. The summed E-state index contributed by atoms with van der Waals surface area (Å²) in [4.78, 5) is 47.4. The van der Waals surface area contributed by atoms with E-state index in [0.717, 1.165) is 7.11 Å². The van der Waals surface area contributed by atoms with Gasteiger partial charge in [0.1, 0.15) is 11.7 Å². The molecular formula is C15H23NO5S. The van der Waals surface area contributed by atoms with Crippen molar-refractivity contribution in [2.75, 3.05) is 7.11 Å². The zero-order valence-electron chi connectivity index (χ0n) is 13.4. The van der Waals surface area contributed by atoms with Gasteiger partial charge < -0.3 is 4.74 Å². The minimum absolute atomic E-state index is 0.0388. The maximum atomic E-state index is 12.1. The van der Waals surface area contributed by atoms with Crippen molar-refractivity contribution >= 4 is 34.7 Å². The average molecular weight is 329 g/mol. The number of ether oxygens (including phenoxy) is 1. The van der Waals surface area contributed by atoms with Crippen LogP contribution in [-0.4, -0.2) is 34.8 Å². The minimum Gasteiger partial charge on any atom is -0.453 e. The van der Waals surface area contributed by atoms with Crippen molar-refractivity contribution in [1.82, 2.24) is 5.32 Å². The molecule has 6 nitrogen and oxygen atoms in total. The van der Waals surface area contributed by atoms with Crippen LogP contribution < -0.4 is 5.32 Å². The third-order valence-electron chi connectivity index (χ3n) is 3.36. The molecular weight excluding hydrogens is 306 g/mol. The Kier molecular flexibility index (Phi) is 6.59. The Labute approximate surface area is 134 Å². The van der Waals surface area contributed by atoms with E-state index in [1.165, 1.54) is 11.8 Å². The first-order valence-corrected chi connectivity index (χ1v) is 8.09. The van der Waals surface area contributed by atoms with Gasteiger partial charge in [-0.05, 0) is 18.8 Å². The van der Waals surface area contributed by atoms with Gasteiger partial charge in [-0.25, -0.2) is 4.79 Å². The smallest absolute Gasteiger partial charge is 0.413 e. The van der Waals surface area contributed by atoms with Crippen LogP contribution in [-0.2, 0) is 19.1 Å². The van der Waals surface area contributed by atoms with Crippen LogP contribution in [0.3, 0.4) is 0 Å². The van der Waals surface area contributed by atoms with E-state index in [0.29, 0.717) is 19.3 Å². The van der Waals surface area contributed by atoms with E-state index in [-0.39, 0.29) is 28.0 Å². The number of hydrogen-bond acceptors (Lipinski definition) is 6. The topological polar surface area (TPSA) is 89.5 Å². The van der Waals surface area contributed by atoms with E-state index in [2.05, 4.69) is 4.74 Å². The van der Waals surface area contributed by atoms with Crippen molar-refractivity contribution in [3.63, 3.8) is 0 Å². The molecule has 0 aromatic heterocycles. The molecule has 0 aromatic carbocycles.